The largest absolute Gasteiger partial charge is 0.508 e. The van der Waals surface area contributed by atoms with Gasteiger partial charge < -0.3 is 5.11 Å². The van der Waals surface area contributed by atoms with Crippen molar-refractivity contribution in [1.82, 2.24) is 0 Å². The van der Waals surface area contributed by atoms with E-state index in [1.807, 2.05) is 0 Å². The van der Waals surface area contributed by atoms with Gasteiger partial charge >= 0.3 is 0 Å². The summed E-state index contributed by atoms with van der Waals surface area (Å²) in [5, 5.41) is 14.3. The number of hydrogen-bond acceptors (Lipinski definition) is 3. The second kappa shape index (κ2) is 3.50. The van der Waals surface area contributed by atoms with Crippen LogP contribution in [0.3, 0.4) is 0 Å². The van der Waals surface area contributed by atoms with Crippen LogP contribution in [-0.2, 0) is 16.4 Å². The first-order valence-electron chi connectivity index (χ1n) is 4.81. The highest BCUT2D eigenvalue weighted by Gasteiger charge is 2.25. The van der Waals surface area contributed by atoms with Crippen molar-refractivity contribution in [2.75, 3.05) is 0 Å². The molecule has 5 heteroatoms. The summed E-state index contributed by atoms with van der Waals surface area (Å²) in [5.41, 5.74) is 0.706. The number of phenols is 1. The maximum absolute atomic E-state index is 11.3. The van der Waals surface area contributed by atoms with Crippen LogP contribution < -0.4 is 5.14 Å². The van der Waals surface area contributed by atoms with Crippen LogP contribution in [0.1, 0.15) is 18.4 Å². The van der Waals surface area contributed by atoms with Crippen LogP contribution in [0.4, 0.5) is 0 Å². The maximum atomic E-state index is 11.3. The first kappa shape index (κ1) is 10.4. The van der Waals surface area contributed by atoms with Gasteiger partial charge in [0.05, 0.1) is 4.90 Å². The molecule has 0 heterocycles. The fraction of sp³-hybridized carbons (Fsp3) is 0.400. The second-order valence-corrected chi connectivity index (χ2v) is 5.51. The van der Waals surface area contributed by atoms with E-state index >= 15 is 0 Å². The molecule has 1 aromatic rings. The van der Waals surface area contributed by atoms with Crippen molar-refractivity contribution >= 4 is 10.0 Å². The second-order valence-electron chi connectivity index (χ2n) is 3.98. The molecule has 0 bridgehead atoms. The molecule has 0 unspecified atom stereocenters. The average Bonchev–Trinajstić information content (AvgIpc) is 2.90. The van der Waals surface area contributed by atoms with E-state index in [0.717, 1.165) is 19.3 Å². The third kappa shape index (κ3) is 2.49. The van der Waals surface area contributed by atoms with Crippen molar-refractivity contribution in [2.45, 2.75) is 24.2 Å². The Kier molecular flexibility index (Phi) is 2.44. The Morgan fingerprint density at radius 2 is 2.07 bits per heavy atom. The number of benzene rings is 1. The van der Waals surface area contributed by atoms with Crippen molar-refractivity contribution in [2.24, 2.45) is 11.1 Å². The molecule has 82 valence electrons. The Bertz CT molecular complexity index is 477. The van der Waals surface area contributed by atoms with E-state index < -0.39 is 10.0 Å². The van der Waals surface area contributed by atoms with Gasteiger partial charge in [-0.3, -0.25) is 0 Å². The third-order valence-corrected chi connectivity index (χ3v) is 3.56. The predicted molar refractivity (Wildman–Crippen MR) is 55.9 cm³/mol. The Hall–Kier alpha value is -1.07. The first-order chi connectivity index (χ1) is 6.97. The van der Waals surface area contributed by atoms with E-state index in [-0.39, 0.29) is 10.6 Å². The SMILES string of the molecule is NS(=O)(=O)c1cc(O)ccc1CC1CC1. The van der Waals surface area contributed by atoms with Crippen molar-refractivity contribution in [3.05, 3.63) is 23.8 Å². The van der Waals surface area contributed by atoms with Crippen LogP contribution in [0.15, 0.2) is 23.1 Å². The van der Waals surface area contributed by atoms with Gasteiger partial charge in [0.15, 0.2) is 0 Å². The standard InChI is InChI=1S/C10H13NO3S/c11-15(13,14)10-6-9(12)4-3-8(10)5-7-1-2-7/h3-4,6-7,12H,1-2,5H2,(H2,11,13,14). The van der Waals surface area contributed by atoms with Gasteiger partial charge in [0.1, 0.15) is 5.75 Å². The third-order valence-electron chi connectivity index (χ3n) is 2.56. The number of hydrogen-bond donors (Lipinski definition) is 2. The van der Waals surface area contributed by atoms with E-state index in [0.29, 0.717) is 11.5 Å². The molecule has 1 aliphatic carbocycles. The first-order valence-corrected chi connectivity index (χ1v) is 6.36. The van der Waals surface area contributed by atoms with Crippen molar-refractivity contribution in [1.29, 1.82) is 0 Å². The summed E-state index contributed by atoms with van der Waals surface area (Å²) < 4.78 is 22.5. The molecule has 3 N–H and O–H groups in total. The summed E-state index contributed by atoms with van der Waals surface area (Å²) in [6.45, 7) is 0. The van der Waals surface area contributed by atoms with Gasteiger partial charge in [-0.15, -0.1) is 0 Å². The van der Waals surface area contributed by atoms with Gasteiger partial charge in [0, 0.05) is 6.07 Å². The molecule has 2 rings (SSSR count). The number of nitrogens with two attached hydrogens (primary N) is 1. The van der Waals surface area contributed by atoms with E-state index in [2.05, 4.69) is 0 Å². The molecule has 0 radical (unpaired) electrons. The molecule has 1 saturated carbocycles. The Morgan fingerprint density at radius 1 is 1.40 bits per heavy atom. The zero-order valence-corrected chi connectivity index (χ0v) is 9.00. The Balaban J connectivity index is 2.43. The summed E-state index contributed by atoms with van der Waals surface area (Å²) in [6.07, 6.45) is 3.02. The number of aromatic hydroxyl groups is 1. The normalized spacial score (nSPS) is 16.6. The van der Waals surface area contributed by atoms with Crippen molar-refractivity contribution in [3.63, 3.8) is 0 Å². The highest BCUT2D eigenvalue weighted by Crippen LogP contribution is 2.34. The molecule has 4 nitrogen and oxygen atoms in total. The van der Waals surface area contributed by atoms with E-state index in [9.17, 15) is 13.5 Å². The number of primary sulfonamides is 1. The molecule has 15 heavy (non-hydrogen) atoms. The highest BCUT2D eigenvalue weighted by molar-refractivity contribution is 7.89. The number of rotatable bonds is 3. The van der Waals surface area contributed by atoms with E-state index in [1.165, 1.54) is 12.1 Å². The summed E-state index contributed by atoms with van der Waals surface area (Å²) in [4.78, 5) is 0.0504. The zero-order chi connectivity index (χ0) is 11.1. The van der Waals surface area contributed by atoms with Gasteiger partial charge in [-0.2, -0.15) is 0 Å². The molecule has 1 aromatic carbocycles. The minimum absolute atomic E-state index is 0.0504. The molecular weight excluding hydrogens is 214 g/mol. The lowest BCUT2D eigenvalue weighted by molar-refractivity contribution is 0.472. The van der Waals surface area contributed by atoms with Crippen molar-refractivity contribution < 1.29 is 13.5 Å². The quantitative estimate of drug-likeness (QED) is 0.808. The summed E-state index contributed by atoms with van der Waals surface area (Å²) >= 11 is 0. The Morgan fingerprint density at radius 3 is 2.60 bits per heavy atom. The van der Waals surface area contributed by atoms with Crippen LogP contribution in [0, 0.1) is 5.92 Å². The molecule has 0 aromatic heterocycles. The number of phenolic OH excluding ortho intramolecular Hbond substituents is 1. The lowest BCUT2D eigenvalue weighted by Gasteiger charge is -2.07. The summed E-state index contributed by atoms with van der Waals surface area (Å²) in [6, 6.07) is 4.34. The monoisotopic (exact) mass is 227 g/mol. The topological polar surface area (TPSA) is 80.4 Å². The van der Waals surface area contributed by atoms with Crippen LogP contribution >= 0.6 is 0 Å². The molecule has 0 atom stereocenters. The van der Waals surface area contributed by atoms with E-state index in [1.54, 1.807) is 6.07 Å². The van der Waals surface area contributed by atoms with Crippen LogP contribution in [0.25, 0.3) is 0 Å². The van der Waals surface area contributed by atoms with Gasteiger partial charge in [-0.1, -0.05) is 6.07 Å². The number of sulfonamides is 1. The van der Waals surface area contributed by atoms with Gasteiger partial charge in [-0.25, -0.2) is 13.6 Å². The fourth-order valence-corrected chi connectivity index (χ4v) is 2.41. The van der Waals surface area contributed by atoms with Crippen LogP contribution in [0.5, 0.6) is 5.75 Å². The summed E-state index contributed by atoms with van der Waals surface area (Å²) in [7, 11) is -3.73. The Labute approximate surface area is 88.8 Å². The minimum atomic E-state index is -3.73. The predicted octanol–water partition coefficient (Wildman–Crippen LogP) is 0.992. The fourth-order valence-electron chi connectivity index (χ4n) is 1.61. The minimum Gasteiger partial charge on any atom is -0.508 e. The van der Waals surface area contributed by atoms with Crippen LogP contribution in [0.2, 0.25) is 0 Å². The van der Waals surface area contributed by atoms with Crippen molar-refractivity contribution in [3.8, 4) is 5.75 Å². The molecule has 0 saturated heterocycles. The summed E-state index contributed by atoms with van der Waals surface area (Å²) in [5.74, 6) is 0.508. The molecule has 1 fully saturated rings. The smallest absolute Gasteiger partial charge is 0.238 e. The molecule has 1 aliphatic rings. The zero-order valence-electron chi connectivity index (χ0n) is 8.18. The highest BCUT2D eigenvalue weighted by atomic mass is 32.2. The molecular formula is C10H13NO3S. The molecule has 0 amide bonds. The van der Waals surface area contributed by atoms with Gasteiger partial charge in [0.2, 0.25) is 10.0 Å². The molecule has 0 aliphatic heterocycles. The van der Waals surface area contributed by atoms with Gasteiger partial charge in [0.25, 0.3) is 0 Å². The molecule has 0 spiro atoms. The maximum Gasteiger partial charge on any atom is 0.238 e. The van der Waals surface area contributed by atoms with E-state index in [4.69, 9.17) is 5.14 Å². The van der Waals surface area contributed by atoms with Crippen LogP contribution in [-0.4, -0.2) is 13.5 Å². The lowest BCUT2D eigenvalue weighted by atomic mass is 10.1. The average molecular weight is 227 g/mol. The van der Waals surface area contributed by atoms with Gasteiger partial charge in [-0.05, 0) is 36.8 Å². The lowest BCUT2D eigenvalue weighted by Crippen LogP contribution is -2.14.